The van der Waals surface area contributed by atoms with Crippen LogP contribution in [-0.4, -0.2) is 38.0 Å². The lowest BCUT2D eigenvalue weighted by atomic mass is 10.0. The predicted octanol–water partition coefficient (Wildman–Crippen LogP) is 5.75. The zero-order valence-electron chi connectivity index (χ0n) is 20.5. The van der Waals surface area contributed by atoms with Gasteiger partial charge in [-0.25, -0.2) is 9.67 Å². The number of aromatic nitrogens is 3. The highest BCUT2D eigenvalue weighted by atomic mass is 79.9. The topological polar surface area (TPSA) is 132 Å². The second kappa shape index (κ2) is 10.7. The minimum absolute atomic E-state index is 0.0727. The van der Waals surface area contributed by atoms with Gasteiger partial charge in [0.05, 0.1) is 21.3 Å². The summed E-state index contributed by atoms with van der Waals surface area (Å²) in [5, 5.41) is 9.15. The number of amides is 3. The molecular formula is C25H18BrCl2F3N6O3. The Morgan fingerprint density at radius 2 is 1.75 bits per heavy atom. The van der Waals surface area contributed by atoms with Crippen molar-refractivity contribution in [1.82, 2.24) is 20.1 Å². The van der Waals surface area contributed by atoms with Gasteiger partial charge in [0.15, 0.2) is 11.5 Å². The molecule has 15 heteroatoms. The van der Waals surface area contributed by atoms with Crippen molar-refractivity contribution in [1.29, 1.82) is 0 Å². The van der Waals surface area contributed by atoms with Crippen molar-refractivity contribution < 1.29 is 27.6 Å². The molecule has 0 aliphatic carbocycles. The molecule has 0 saturated carbocycles. The maximum Gasteiger partial charge on any atom is 0.435 e. The van der Waals surface area contributed by atoms with Gasteiger partial charge in [-0.05, 0) is 49.6 Å². The van der Waals surface area contributed by atoms with Gasteiger partial charge in [0, 0.05) is 22.1 Å². The van der Waals surface area contributed by atoms with Crippen LogP contribution in [0.2, 0.25) is 10.0 Å². The van der Waals surface area contributed by atoms with Crippen LogP contribution in [0.1, 0.15) is 40.4 Å². The van der Waals surface area contributed by atoms with Crippen LogP contribution >= 0.6 is 39.1 Å². The Bertz CT molecular complexity index is 1690. The van der Waals surface area contributed by atoms with Crippen molar-refractivity contribution in [3.05, 3.63) is 80.1 Å². The van der Waals surface area contributed by atoms with Crippen LogP contribution in [-0.2, 0) is 11.0 Å². The minimum atomic E-state index is -4.90. The predicted molar refractivity (Wildman–Crippen MR) is 147 cm³/mol. The van der Waals surface area contributed by atoms with E-state index in [4.69, 9.17) is 28.9 Å². The number of alkyl halides is 3. The third-order valence-corrected chi connectivity index (χ3v) is 6.92. The fraction of sp³-hybridized carbons (Fsp3) is 0.160. The Hall–Kier alpha value is -3.68. The number of fused-ring (bicyclic) bond motifs is 1. The largest absolute Gasteiger partial charge is 0.435 e. The van der Waals surface area contributed by atoms with E-state index in [1.807, 2.05) is 0 Å². The molecule has 9 nitrogen and oxygen atoms in total. The quantitative estimate of drug-likeness (QED) is 0.243. The molecule has 0 aliphatic heterocycles. The fourth-order valence-electron chi connectivity index (χ4n) is 3.60. The summed E-state index contributed by atoms with van der Waals surface area (Å²) in [6, 6.07) is 9.68. The number of carbonyl (C=O) groups excluding carboxylic acids is 3. The summed E-state index contributed by atoms with van der Waals surface area (Å²) >= 11 is 16.1. The monoisotopic (exact) mass is 656 g/mol. The van der Waals surface area contributed by atoms with E-state index in [9.17, 15) is 27.6 Å². The van der Waals surface area contributed by atoms with Gasteiger partial charge in [-0.1, -0.05) is 45.2 Å². The molecule has 4 aromatic rings. The molecule has 0 fully saturated rings. The van der Waals surface area contributed by atoms with E-state index < -0.39 is 40.8 Å². The van der Waals surface area contributed by atoms with Gasteiger partial charge < -0.3 is 16.4 Å². The number of benzene rings is 2. The maximum atomic E-state index is 13.6. The molecule has 0 radical (unpaired) electrons. The third kappa shape index (κ3) is 5.76. The molecule has 2 aromatic carbocycles. The summed E-state index contributed by atoms with van der Waals surface area (Å²) in [6.45, 7) is 2.75. The number of hydrogen-bond acceptors (Lipinski definition) is 5. The van der Waals surface area contributed by atoms with E-state index in [0.717, 1.165) is 0 Å². The number of hydrogen-bond donors (Lipinski definition) is 3. The van der Waals surface area contributed by atoms with E-state index in [-0.39, 0.29) is 27.1 Å². The Morgan fingerprint density at radius 1 is 1.05 bits per heavy atom. The van der Waals surface area contributed by atoms with Crippen molar-refractivity contribution in [3.8, 4) is 5.82 Å². The maximum absolute atomic E-state index is 13.6. The molecule has 2 aromatic heterocycles. The Labute approximate surface area is 243 Å². The standard InChI is InChI=1S/C25H18BrCl2F3N6O3/c1-24(2,23(32)40)35-21(38)14-9-11-8-12(26)5-6-13(11)18(28)19(14)34-22(39)16-10-17(25(29,30)31)36-37(16)20-15(27)4-3-7-33-20/h3-10H,1-2H3,(H2,32,40)(H,34,39)(H,35,38). The second-order valence-corrected chi connectivity index (χ2v) is 10.7. The van der Waals surface area contributed by atoms with Crippen molar-refractivity contribution in [3.63, 3.8) is 0 Å². The average Bonchev–Trinajstić information content (AvgIpc) is 3.31. The van der Waals surface area contributed by atoms with E-state index in [1.165, 1.54) is 38.2 Å². The van der Waals surface area contributed by atoms with E-state index in [0.29, 0.717) is 26.0 Å². The lowest BCUT2D eigenvalue weighted by Gasteiger charge is -2.24. The molecule has 0 spiro atoms. The number of primary amides is 1. The molecule has 2 heterocycles. The zero-order valence-corrected chi connectivity index (χ0v) is 23.6. The summed E-state index contributed by atoms with van der Waals surface area (Å²) in [4.78, 5) is 42.6. The number of pyridine rings is 1. The van der Waals surface area contributed by atoms with Crippen LogP contribution in [0, 0.1) is 0 Å². The number of nitrogens with zero attached hydrogens (tertiary/aromatic N) is 3. The van der Waals surface area contributed by atoms with Crippen LogP contribution in [0.15, 0.2) is 53.1 Å². The molecule has 208 valence electrons. The van der Waals surface area contributed by atoms with Crippen molar-refractivity contribution in [2.45, 2.75) is 25.6 Å². The lowest BCUT2D eigenvalue weighted by molar-refractivity contribution is -0.141. The highest BCUT2D eigenvalue weighted by molar-refractivity contribution is 9.10. The van der Waals surface area contributed by atoms with Crippen molar-refractivity contribution in [2.24, 2.45) is 5.73 Å². The molecule has 40 heavy (non-hydrogen) atoms. The van der Waals surface area contributed by atoms with Crippen molar-refractivity contribution in [2.75, 3.05) is 5.32 Å². The van der Waals surface area contributed by atoms with Crippen LogP contribution in [0.5, 0.6) is 0 Å². The van der Waals surface area contributed by atoms with E-state index in [1.54, 1.807) is 18.2 Å². The Morgan fingerprint density at radius 3 is 2.38 bits per heavy atom. The Balaban J connectivity index is 1.88. The smallest absolute Gasteiger partial charge is 0.368 e. The molecule has 3 amide bonds. The summed E-state index contributed by atoms with van der Waals surface area (Å²) in [5.41, 5.74) is 1.50. The summed E-state index contributed by atoms with van der Waals surface area (Å²) in [7, 11) is 0. The lowest BCUT2D eigenvalue weighted by Crippen LogP contribution is -2.53. The van der Waals surface area contributed by atoms with E-state index in [2.05, 4.69) is 36.6 Å². The minimum Gasteiger partial charge on any atom is -0.368 e. The number of anilines is 1. The molecule has 0 saturated heterocycles. The summed E-state index contributed by atoms with van der Waals surface area (Å²) in [5.74, 6) is -3.01. The highest BCUT2D eigenvalue weighted by Crippen LogP contribution is 2.37. The first kappa shape index (κ1) is 29.3. The van der Waals surface area contributed by atoms with Crippen LogP contribution in [0.25, 0.3) is 16.6 Å². The van der Waals surface area contributed by atoms with Gasteiger partial charge in [0.1, 0.15) is 11.2 Å². The van der Waals surface area contributed by atoms with Crippen LogP contribution < -0.4 is 16.4 Å². The zero-order chi connectivity index (χ0) is 29.6. The Kier molecular flexibility index (Phi) is 7.85. The molecule has 4 rings (SSSR count). The first-order valence-corrected chi connectivity index (χ1v) is 12.8. The van der Waals surface area contributed by atoms with E-state index >= 15 is 0 Å². The normalized spacial score (nSPS) is 11.9. The van der Waals surface area contributed by atoms with Gasteiger partial charge in [0.2, 0.25) is 5.91 Å². The van der Waals surface area contributed by atoms with Gasteiger partial charge in [-0.15, -0.1) is 0 Å². The van der Waals surface area contributed by atoms with Crippen molar-refractivity contribution >= 4 is 73.3 Å². The average molecular weight is 658 g/mol. The SMILES string of the molecule is CC(C)(NC(=O)c1cc2cc(Br)ccc2c(Cl)c1NC(=O)c1cc(C(F)(F)F)nn1-c1ncccc1Cl)C(N)=O. The molecule has 0 bridgehead atoms. The number of rotatable bonds is 6. The van der Waals surface area contributed by atoms with Gasteiger partial charge in [-0.2, -0.15) is 18.3 Å². The molecule has 0 aliphatic rings. The number of nitrogens with two attached hydrogens (primary N) is 1. The first-order chi connectivity index (χ1) is 18.6. The third-order valence-electron chi connectivity index (χ3n) is 5.74. The second-order valence-electron chi connectivity index (χ2n) is 9.01. The van der Waals surface area contributed by atoms with Gasteiger partial charge >= 0.3 is 6.18 Å². The van der Waals surface area contributed by atoms with Crippen LogP contribution in [0.4, 0.5) is 18.9 Å². The fourth-order valence-corrected chi connectivity index (χ4v) is 4.50. The molecule has 0 atom stereocenters. The highest BCUT2D eigenvalue weighted by Gasteiger charge is 2.37. The van der Waals surface area contributed by atoms with Gasteiger partial charge in [-0.3, -0.25) is 14.4 Å². The summed E-state index contributed by atoms with van der Waals surface area (Å²) in [6.07, 6.45) is -3.64. The number of nitrogens with one attached hydrogen (secondary N) is 2. The molecule has 4 N–H and O–H groups in total. The summed E-state index contributed by atoms with van der Waals surface area (Å²) < 4.78 is 42.0. The van der Waals surface area contributed by atoms with Gasteiger partial charge in [0.25, 0.3) is 11.8 Å². The molecule has 0 unspecified atom stereocenters. The number of carbonyl (C=O) groups is 3. The van der Waals surface area contributed by atoms with Crippen LogP contribution in [0.3, 0.4) is 0 Å². The molecular weight excluding hydrogens is 640 g/mol. The first-order valence-electron chi connectivity index (χ1n) is 11.2. The number of halogens is 6.